The summed E-state index contributed by atoms with van der Waals surface area (Å²) in [5.41, 5.74) is 0.450. The third-order valence-electron chi connectivity index (χ3n) is 3.24. The minimum absolute atomic E-state index is 0.0224. The zero-order valence-electron chi connectivity index (χ0n) is 13.4. The topological polar surface area (TPSA) is 131 Å². The van der Waals surface area contributed by atoms with E-state index in [1.54, 1.807) is 0 Å². The molecule has 0 spiro atoms. The number of benzene rings is 1. The highest BCUT2D eigenvalue weighted by Gasteiger charge is 2.16. The van der Waals surface area contributed by atoms with Crippen LogP contribution in [0.2, 0.25) is 0 Å². The van der Waals surface area contributed by atoms with Crippen molar-refractivity contribution in [1.82, 2.24) is 15.1 Å². The highest BCUT2D eigenvalue weighted by atomic mass is 32.2. The van der Waals surface area contributed by atoms with E-state index < -0.39 is 10.0 Å². The predicted molar refractivity (Wildman–Crippen MR) is 86.6 cm³/mol. The van der Waals surface area contributed by atoms with Gasteiger partial charge in [-0.05, 0) is 31.2 Å². The van der Waals surface area contributed by atoms with Gasteiger partial charge in [0.2, 0.25) is 21.8 Å². The molecular weight excluding hydrogens is 334 g/mol. The zero-order valence-corrected chi connectivity index (χ0v) is 14.2. The molecule has 0 saturated carbocycles. The normalized spacial score (nSPS) is 11.3. The summed E-state index contributed by atoms with van der Waals surface area (Å²) in [6.45, 7) is 4.34. The van der Waals surface area contributed by atoms with Gasteiger partial charge in [0.05, 0.1) is 4.90 Å². The number of nitrogens with zero attached hydrogens (tertiary/aromatic N) is 3. The molecule has 0 aliphatic carbocycles. The molecule has 0 aliphatic heterocycles. The van der Waals surface area contributed by atoms with E-state index in [9.17, 15) is 13.2 Å². The molecule has 0 radical (unpaired) electrons. The first-order valence-electron chi connectivity index (χ1n) is 7.33. The Labute approximate surface area is 139 Å². The SMILES string of the molecule is CCc1nnc(CN(CC)C(=O)Nc2ccc(S(N)(=O)=O)cc2)o1. The summed E-state index contributed by atoms with van der Waals surface area (Å²) in [7, 11) is -3.76. The van der Waals surface area contributed by atoms with Crippen molar-refractivity contribution < 1.29 is 17.6 Å². The van der Waals surface area contributed by atoms with Crippen molar-refractivity contribution in [3.05, 3.63) is 36.0 Å². The Hall–Kier alpha value is -2.46. The molecule has 0 bridgehead atoms. The third kappa shape index (κ3) is 4.52. The van der Waals surface area contributed by atoms with E-state index in [-0.39, 0.29) is 17.5 Å². The monoisotopic (exact) mass is 353 g/mol. The number of anilines is 1. The van der Waals surface area contributed by atoms with E-state index in [4.69, 9.17) is 9.56 Å². The lowest BCUT2D eigenvalue weighted by Crippen LogP contribution is -2.34. The molecule has 2 rings (SSSR count). The van der Waals surface area contributed by atoms with Crippen LogP contribution in [0, 0.1) is 0 Å². The number of amides is 2. The summed E-state index contributed by atoms with van der Waals surface area (Å²) in [5.74, 6) is 0.869. The standard InChI is InChI=1S/C14H19N5O4S/c1-3-12-17-18-13(23-12)9-19(4-2)14(20)16-10-5-7-11(8-6-10)24(15,21)22/h5-8H,3-4,9H2,1-2H3,(H,16,20)(H2,15,21,22). The summed E-state index contributed by atoms with van der Waals surface area (Å²) in [5, 5.41) is 15.4. The fourth-order valence-corrected chi connectivity index (χ4v) is 2.43. The molecule has 0 saturated heterocycles. The second-order valence-electron chi connectivity index (χ2n) is 4.96. The summed E-state index contributed by atoms with van der Waals surface area (Å²) in [4.78, 5) is 13.8. The maximum Gasteiger partial charge on any atom is 0.322 e. The van der Waals surface area contributed by atoms with Gasteiger partial charge in [0, 0.05) is 18.7 Å². The van der Waals surface area contributed by atoms with Crippen molar-refractivity contribution in [3.8, 4) is 0 Å². The van der Waals surface area contributed by atoms with Crippen LogP contribution in [0.3, 0.4) is 0 Å². The molecule has 24 heavy (non-hydrogen) atoms. The summed E-state index contributed by atoms with van der Waals surface area (Å²) < 4.78 is 27.8. The van der Waals surface area contributed by atoms with Gasteiger partial charge < -0.3 is 14.6 Å². The number of hydrogen-bond acceptors (Lipinski definition) is 6. The van der Waals surface area contributed by atoms with Gasteiger partial charge in [-0.2, -0.15) is 0 Å². The molecule has 0 unspecified atom stereocenters. The molecule has 9 nitrogen and oxygen atoms in total. The fourth-order valence-electron chi connectivity index (χ4n) is 1.92. The lowest BCUT2D eigenvalue weighted by molar-refractivity contribution is 0.205. The lowest BCUT2D eigenvalue weighted by atomic mass is 10.3. The maximum atomic E-state index is 12.3. The van der Waals surface area contributed by atoms with E-state index >= 15 is 0 Å². The van der Waals surface area contributed by atoms with Gasteiger partial charge in [-0.25, -0.2) is 18.4 Å². The minimum atomic E-state index is -3.76. The van der Waals surface area contributed by atoms with Gasteiger partial charge in [0.15, 0.2) is 0 Å². The third-order valence-corrected chi connectivity index (χ3v) is 4.17. The first kappa shape index (κ1) is 17.9. The number of carbonyl (C=O) groups excluding carboxylic acids is 1. The van der Waals surface area contributed by atoms with Gasteiger partial charge in [-0.3, -0.25) is 0 Å². The van der Waals surface area contributed by atoms with Crippen molar-refractivity contribution in [1.29, 1.82) is 0 Å². The number of urea groups is 1. The number of aromatic nitrogens is 2. The molecule has 0 atom stereocenters. The van der Waals surface area contributed by atoms with E-state index in [2.05, 4.69) is 15.5 Å². The van der Waals surface area contributed by atoms with Gasteiger partial charge in [-0.15, -0.1) is 10.2 Å². The molecule has 0 fully saturated rings. The van der Waals surface area contributed by atoms with Gasteiger partial charge in [-0.1, -0.05) is 6.92 Å². The van der Waals surface area contributed by atoms with Crippen LogP contribution in [0.15, 0.2) is 33.6 Å². The zero-order chi connectivity index (χ0) is 17.7. The van der Waals surface area contributed by atoms with E-state index in [1.165, 1.54) is 29.2 Å². The van der Waals surface area contributed by atoms with Crippen molar-refractivity contribution >= 4 is 21.7 Å². The van der Waals surface area contributed by atoms with Crippen LogP contribution in [0.25, 0.3) is 0 Å². The number of aryl methyl sites for hydroxylation is 1. The van der Waals surface area contributed by atoms with Crippen molar-refractivity contribution in [2.45, 2.75) is 31.7 Å². The Morgan fingerprint density at radius 1 is 1.21 bits per heavy atom. The molecule has 2 amide bonds. The van der Waals surface area contributed by atoms with Crippen molar-refractivity contribution in [2.24, 2.45) is 5.14 Å². The van der Waals surface area contributed by atoms with Gasteiger partial charge >= 0.3 is 6.03 Å². The van der Waals surface area contributed by atoms with E-state index in [0.717, 1.165) is 0 Å². The fraction of sp³-hybridized carbons (Fsp3) is 0.357. The molecule has 10 heteroatoms. The Bertz CT molecular complexity index is 801. The molecule has 1 aromatic carbocycles. The Morgan fingerprint density at radius 3 is 2.33 bits per heavy atom. The first-order chi connectivity index (χ1) is 11.3. The van der Waals surface area contributed by atoms with Crippen LogP contribution in [0.5, 0.6) is 0 Å². The number of carbonyl (C=O) groups is 1. The largest absolute Gasteiger partial charge is 0.423 e. The van der Waals surface area contributed by atoms with Gasteiger partial charge in [0.1, 0.15) is 6.54 Å². The van der Waals surface area contributed by atoms with Crippen LogP contribution < -0.4 is 10.5 Å². The summed E-state index contributed by atoms with van der Waals surface area (Å²) in [6.07, 6.45) is 0.627. The average Bonchev–Trinajstić information content (AvgIpc) is 3.00. The number of nitrogens with one attached hydrogen (secondary N) is 1. The Kier molecular flexibility index (Phi) is 5.52. The number of hydrogen-bond donors (Lipinski definition) is 2. The average molecular weight is 353 g/mol. The van der Waals surface area contributed by atoms with E-state index in [0.29, 0.717) is 30.4 Å². The van der Waals surface area contributed by atoms with Gasteiger partial charge in [0.25, 0.3) is 0 Å². The number of rotatable bonds is 6. The maximum absolute atomic E-state index is 12.3. The Balaban J connectivity index is 2.03. The molecule has 0 aliphatic rings. The quantitative estimate of drug-likeness (QED) is 0.805. The highest BCUT2D eigenvalue weighted by molar-refractivity contribution is 7.89. The Morgan fingerprint density at radius 2 is 1.83 bits per heavy atom. The van der Waals surface area contributed by atoms with E-state index in [1.807, 2.05) is 13.8 Å². The van der Waals surface area contributed by atoms with Crippen LogP contribution in [-0.4, -0.2) is 36.1 Å². The molecular formula is C14H19N5O4S. The number of nitrogens with two attached hydrogens (primary N) is 1. The smallest absolute Gasteiger partial charge is 0.322 e. The second kappa shape index (κ2) is 7.41. The minimum Gasteiger partial charge on any atom is -0.423 e. The summed E-state index contributed by atoms with van der Waals surface area (Å²) >= 11 is 0. The first-order valence-corrected chi connectivity index (χ1v) is 8.88. The number of primary sulfonamides is 1. The molecule has 2 aromatic rings. The van der Waals surface area contributed by atoms with Crippen LogP contribution in [0.4, 0.5) is 10.5 Å². The predicted octanol–water partition coefficient (Wildman–Crippen LogP) is 1.33. The highest BCUT2D eigenvalue weighted by Crippen LogP contribution is 2.14. The molecule has 1 heterocycles. The van der Waals surface area contributed by atoms with Crippen LogP contribution in [0.1, 0.15) is 25.6 Å². The van der Waals surface area contributed by atoms with Crippen LogP contribution in [-0.2, 0) is 23.0 Å². The van der Waals surface area contributed by atoms with Crippen molar-refractivity contribution in [2.75, 3.05) is 11.9 Å². The second-order valence-corrected chi connectivity index (χ2v) is 6.52. The lowest BCUT2D eigenvalue weighted by Gasteiger charge is -2.19. The van der Waals surface area contributed by atoms with Crippen LogP contribution >= 0.6 is 0 Å². The van der Waals surface area contributed by atoms with Crippen molar-refractivity contribution in [3.63, 3.8) is 0 Å². The molecule has 1 aromatic heterocycles. The summed E-state index contributed by atoms with van der Waals surface area (Å²) in [6, 6.07) is 5.22. The number of sulfonamides is 1. The molecule has 130 valence electrons. The molecule has 3 N–H and O–H groups in total.